The Morgan fingerprint density at radius 3 is 2.68 bits per heavy atom. The van der Waals surface area contributed by atoms with Crippen LogP contribution in [-0.4, -0.2) is 40.9 Å². The summed E-state index contributed by atoms with van der Waals surface area (Å²) in [5.41, 5.74) is 4.36. The minimum atomic E-state index is -0.747. The Hall–Kier alpha value is -2.41. The van der Waals surface area contributed by atoms with Gasteiger partial charge in [-0.2, -0.15) is 0 Å². The number of thiazole rings is 1. The molecule has 28 heavy (non-hydrogen) atoms. The number of esters is 1. The van der Waals surface area contributed by atoms with Crippen molar-refractivity contribution in [1.82, 2.24) is 9.88 Å². The third-order valence-electron chi connectivity index (χ3n) is 6.07. The number of amides is 1. The minimum Gasteiger partial charge on any atom is -0.430 e. The highest BCUT2D eigenvalue weighted by atomic mass is 32.1. The van der Waals surface area contributed by atoms with E-state index in [2.05, 4.69) is 35.9 Å². The van der Waals surface area contributed by atoms with Crippen LogP contribution in [-0.2, 0) is 20.7 Å². The van der Waals surface area contributed by atoms with Gasteiger partial charge in [0.15, 0.2) is 0 Å². The quantitative estimate of drug-likeness (QED) is 0.587. The number of aromatic nitrogens is 1. The Morgan fingerprint density at radius 2 is 2.00 bits per heavy atom. The highest BCUT2D eigenvalue weighted by molar-refractivity contribution is 7.13. The van der Waals surface area contributed by atoms with Gasteiger partial charge in [-0.1, -0.05) is 13.8 Å². The Labute approximate surface area is 168 Å². The van der Waals surface area contributed by atoms with Gasteiger partial charge in [0.2, 0.25) is 6.23 Å². The maximum Gasteiger partial charge on any atom is 0.399 e. The van der Waals surface area contributed by atoms with Crippen molar-refractivity contribution in [2.75, 3.05) is 18.0 Å². The molecule has 5 rings (SSSR count). The first kappa shape index (κ1) is 17.7. The predicted molar refractivity (Wildman–Crippen MR) is 107 cm³/mol. The van der Waals surface area contributed by atoms with Gasteiger partial charge in [0, 0.05) is 47.5 Å². The third kappa shape index (κ3) is 2.64. The van der Waals surface area contributed by atoms with Gasteiger partial charge in [0.05, 0.1) is 0 Å². The third-order valence-corrected chi connectivity index (χ3v) is 6.88. The molecule has 7 heteroatoms. The summed E-state index contributed by atoms with van der Waals surface area (Å²) in [5, 5.41) is 2.93. The van der Waals surface area contributed by atoms with Crippen LogP contribution in [0.3, 0.4) is 0 Å². The standard InChI is InChI=1S/C21H23N3O3S/c1-12(2)16-9-13-10-17(23-6-3-4-7-23)15(18-22-5-8-28-18)11-14(13)20-24(16)19(25)21(26)27-20/h5,8,10-12,16,20H,3-4,6-7,9H2,1-2H3. The number of fused-ring (bicyclic) bond motifs is 3. The van der Waals surface area contributed by atoms with Crippen molar-refractivity contribution in [1.29, 1.82) is 0 Å². The van der Waals surface area contributed by atoms with Crippen LogP contribution >= 0.6 is 11.3 Å². The predicted octanol–water partition coefficient (Wildman–Crippen LogP) is 3.38. The molecule has 2 aromatic rings. The molecule has 2 saturated heterocycles. The average Bonchev–Trinajstić information content (AvgIpc) is 3.43. The van der Waals surface area contributed by atoms with E-state index < -0.39 is 18.1 Å². The van der Waals surface area contributed by atoms with Crippen molar-refractivity contribution in [3.05, 3.63) is 34.8 Å². The van der Waals surface area contributed by atoms with Crippen molar-refractivity contribution in [3.8, 4) is 10.6 Å². The number of benzene rings is 1. The van der Waals surface area contributed by atoms with Crippen LogP contribution in [0.15, 0.2) is 23.7 Å². The maximum absolute atomic E-state index is 12.5. The Kier molecular flexibility index (Phi) is 4.16. The monoisotopic (exact) mass is 397 g/mol. The second kappa shape index (κ2) is 6.58. The molecule has 1 aromatic heterocycles. The first-order valence-electron chi connectivity index (χ1n) is 9.89. The molecule has 2 atom stereocenters. The lowest BCUT2D eigenvalue weighted by atomic mass is 9.86. The molecule has 3 aliphatic rings. The summed E-state index contributed by atoms with van der Waals surface area (Å²) < 4.78 is 5.53. The number of hydrogen-bond acceptors (Lipinski definition) is 6. The van der Waals surface area contributed by atoms with Crippen LogP contribution in [0.4, 0.5) is 5.69 Å². The van der Waals surface area contributed by atoms with Crippen LogP contribution in [0, 0.1) is 5.92 Å². The van der Waals surface area contributed by atoms with E-state index >= 15 is 0 Å². The highest BCUT2D eigenvalue weighted by Gasteiger charge is 2.49. The summed E-state index contributed by atoms with van der Waals surface area (Å²) in [5.74, 6) is -1.03. The topological polar surface area (TPSA) is 62.7 Å². The lowest BCUT2D eigenvalue weighted by Crippen LogP contribution is -2.46. The largest absolute Gasteiger partial charge is 0.430 e. The summed E-state index contributed by atoms with van der Waals surface area (Å²) in [4.78, 5) is 33.2. The average molecular weight is 398 g/mol. The van der Waals surface area contributed by atoms with E-state index in [1.165, 1.54) is 24.1 Å². The summed E-state index contributed by atoms with van der Waals surface area (Å²) in [7, 11) is 0. The number of anilines is 1. The molecule has 0 radical (unpaired) electrons. The second-order valence-corrected chi connectivity index (χ2v) is 8.98. The normalized spacial score (nSPS) is 24.0. The van der Waals surface area contributed by atoms with Crippen LogP contribution in [0.25, 0.3) is 10.6 Å². The van der Waals surface area contributed by atoms with Gasteiger partial charge in [-0.15, -0.1) is 11.3 Å². The zero-order valence-electron chi connectivity index (χ0n) is 16.1. The molecule has 0 aliphatic carbocycles. The van der Waals surface area contributed by atoms with Crippen molar-refractivity contribution in [2.45, 2.75) is 45.4 Å². The highest BCUT2D eigenvalue weighted by Crippen LogP contribution is 2.45. The summed E-state index contributed by atoms with van der Waals surface area (Å²) >= 11 is 1.61. The summed E-state index contributed by atoms with van der Waals surface area (Å²) in [6.07, 6.45) is 4.33. The molecule has 2 unspecified atom stereocenters. The van der Waals surface area contributed by atoms with E-state index in [9.17, 15) is 9.59 Å². The molecule has 0 saturated carbocycles. The first-order valence-corrected chi connectivity index (χ1v) is 10.8. The molecule has 1 aromatic carbocycles. The number of rotatable bonds is 3. The van der Waals surface area contributed by atoms with Crippen molar-refractivity contribution in [3.63, 3.8) is 0 Å². The molecular weight excluding hydrogens is 374 g/mol. The molecule has 0 bridgehead atoms. The van der Waals surface area contributed by atoms with Gasteiger partial charge in [-0.3, -0.25) is 9.69 Å². The second-order valence-electron chi connectivity index (χ2n) is 8.09. The molecular formula is C21H23N3O3S. The Balaban J connectivity index is 1.68. The van der Waals surface area contributed by atoms with Crippen LogP contribution in [0.5, 0.6) is 0 Å². The molecule has 2 fully saturated rings. The smallest absolute Gasteiger partial charge is 0.399 e. The molecule has 146 valence electrons. The van der Waals surface area contributed by atoms with Gasteiger partial charge in [-0.05, 0) is 42.9 Å². The zero-order valence-corrected chi connectivity index (χ0v) is 16.9. The lowest BCUT2D eigenvalue weighted by molar-refractivity contribution is -0.149. The SMILES string of the molecule is CC(C)C1Cc2cc(N3CCCC3)c(-c3nccs3)cc2C2OC(=O)C(=O)N21. The fourth-order valence-corrected chi connectivity index (χ4v) is 5.30. The van der Waals surface area contributed by atoms with Gasteiger partial charge < -0.3 is 9.64 Å². The Bertz CT molecular complexity index is 935. The van der Waals surface area contributed by atoms with Gasteiger partial charge in [0.25, 0.3) is 0 Å². The molecule has 1 amide bonds. The first-order chi connectivity index (χ1) is 13.5. The van der Waals surface area contributed by atoms with E-state index in [1.807, 2.05) is 11.6 Å². The van der Waals surface area contributed by atoms with Crippen molar-refractivity contribution >= 4 is 28.9 Å². The van der Waals surface area contributed by atoms with E-state index in [0.29, 0.717) is 0 Å². The Morgan fingerprint density at radius 1 is 1.21 bits per heavy atom. The molecule has 4 heterocycles. The number of hydrogen-bond donors (Lipinski definition) is 0. The van der Waals surface area contributed by atoms with Gasteiger partial charge in [0.1, 0.15) is 5.01 Å². The van der Waals surface area contributed by atoms with E-state index in [1.54, 1.807) is 16.2 Å². The number of ether oxygens (including phenoxy) is 1. The fraction of sp³-hybridized carbons (Fsp3) is 0.476. The molecule has 0 spiro atoms. The van der Waals surface area contributed by atoms with Crippen LogP contribution in [0.1, 0.15) is 44.0 Å². The van der Waals surface area contributed by atoms with Gasteiger partial charge >= 0.3 is 11.9 Å². The fourth-order valence-electron chi connectivity index (χ4n) is 4.64. The van der Waals surface area contributed by atoms with E-state index in [0.717, 1.165) is 35.6 Å². The van der Waals surface area contributed by atoms with Crippen LogP contribution < -0.4 is 4.90 Å². The minimum absolute atomic E-state index is 0.0337. The van der Waals surface area contributed by atoms with Crippen molar-refractivity contribution in [2.24, 2.45) is 5.92 Å². The van der Waals surface area contributed by atoms with Gasteiger partial charge in [-0.25, -0.2) is 9.78 Å². The molecule has 0 N–H and O–H groups in total. The summed E-state index contributed by atoms with van der Waals surface area (Å²) in [6.45, 7) is 6.28. The number of nitrogens with zero attached hydrogens (tertiary/aromatic N) is 3. The van der Waals surface area contributed by atoms with Crippen LogP contribution in [0.2, 0.25) is 0 Å². The zero-order chi connectivity index (χ0) is 19.4. The molecule has 6 nitrogen and oxygen atoms in total. The van der Waals surface area contributed by atoms with E-state index in [-0.39, 0.29) is 12.0 Å². The van der Waals surface area contributed by atoms with E-state index in [4.69, 9.17) is 4.74 Å². The number of carbonyl (C=O) groups excluding carboxylic acids is 2. The maximum atomic E-state index is 12.5. The number of carbonyl (C=O) groups is 2. The molecule has 3 aliphatic heterocycles. The lowest BCUT2D eigenvalue weighted by Gasteiger charge is -2.39. The summed E-state index contributed by atoms with van der Waals surface area (Å²) in [6, 6.07) is 4.32. The van der Waals surface area contributed by atoms with Crippen molar-refractivity contribution < 1.29 is 14.3 Å².